The van der Waals surface area contributed by atoms with Crippen LogP contribution in [0.1, 0.15) is 35.2 Å². The molecule has 0 unspecified atom stereocenters. The van der Waals surface area contributed by atoms with Crippen LogP contribution in [0.15, 0.2) is 78.9 Å². The van der Waals surface area contributed by atoms with Crippen molar-refractivity contribution in [3.8, 4) is 0 Å². The highest BCUT2D eigenvalue weighted by Crippen LogP contribution is 2.16. The van der Waals surface area contributed by atoms with Gasteiger partial charge in [0, 0.05) is 42.1 Å². The molecule has 3 amide bonds. The molecule has 7 heteroatoms. The number of anilines is 3. The molecule has 1 aliphatic rings. The van der Waals surface area contributed by atoms with E-state index in [4.69, 9.17) is 0 Å². The zero-order chi connectivity index (χ0) is 24.5. The van der Waals surface area contributed by atoms with Crippen molar-refractivity contribution in [3.05, 3.63) is 90.0 Å². The van der Waals surface area contributed by atoms with Crippen LogP contribution in [-0.2, 0) is 16.0 Å². The SMILES string of the molecule is O=C(CCc1ccccc1)Nc1ccc(NC(=O)CNc2ccc(C(=O)N3CCCC3)cc2)cc1. The summed E-state index contributed by atoms with van der Waals surface area (Å²) in [6, 6.07) is 24.1. The normalized spacial score (nSPS) is 12.7. The highest BCUT2D eigenvalue weighted by atomic mass is 16.2. The Balaban J connectivity index is 1.19. The van der Waals surface area contributed by atoms with Crippen molar-refractivity contribution in [2.24, 2.45) is 0 Å². The third-order valence-electron chi connectivity index (χ3n) is 5.91. The van der Waals surface area contributed by atoms with Gasteiger partial charge in [-0.25, -0.2) is 0 Å². The number of benzene rings is 3. The van der Waals surface area contributed by atoms with Crippen LogP contribution >= 0.6 is 0 Å². The van der Waals surface area contributed by atoms with Gasteiger partial charge >= 0.3 is 0 Å². The molecule has 0 atom stereocenters. The van der Waals surface area contributed by atoms with E-state index < -0.39 is 0 Å². The van der Waals surface area contributed by atoms with Crippen molar-refractivity contribution in [2.75, 3.05) is 35.6 Å². The van der Waals surface area contributed by atoms with Gasteiger partial charge in [0.2, 0.25) is 11.8 Å². The molecular weight excluding hydrogens is 440 g/mol. The van der Waals surface area contributed by atoms with Gasteiger partial charge in [0.1, 0.15) is 0 Å². The molecule has 1 fully saturated rings. The van der Waals surface area contributed by atoms with Gasteiger partial charge in [-0.15, -0.1) is 0 Å². The van der Waals surface area contributed by atoms with Crippen LogP contribution in [0.4, 0.5) is 17.1 Å². The first-order valence-electron chi connectivity index (χ1n) is 11.9. The Morgan fingerprint density at radius 2 is 1.26 bits per heavy atom. The number of carbonyl (C=O) groups excluding carboxylic acids is 3. The standard InChI is InChI=1S/C28H30N4O3/c33-26(17-8-21-6-2-1-3-7-21)30-24-13-15-25(16-14-24)31-27(34)20-29-23-11-9-22(10-12-23)28(35)32-18-4-5-19-32/h1-3,6-7,9-16,29H,4-5,8,17-20H2,(H,30,33)(H,31,34). The van der Waals surface area contributed by atoms with E-state index in [1.165, 1.54) is 0 Å². The maximum atomic E-state index is 12.4. The van der Waals surface area contributed by atoms with Crippen LogP contribution in [0.2, 0.25) is 0 Å². The van der Waals surface area contributed by atoms with Crippen molar-refractivity contribution in [1.82, 2.24) is 4.90 Å². The van der Waals surface area contributed by atoms with Crippen molar-refractivity contribution in [2.45, 2.75) is 25.7 Å². The third-order valence-corrected chi connectivity index (χ3v) is 5.91. The van der Waals surface area contributed by atoms with Crippen molar-refractivity contribution >= 4 is 34.8 Å². The first-order chi connectivity index (χ1) is 17.1. The third kappa shape index (κ3) is 7.17. The zero-order valence-corrected chi connectivity index (χ0v) is 19.6. The molecule has 3 N–H and O–H groups in total. The van der Waals surface area contributed by atoms with E-state index in [1.807, 2.05) is 47.4 Å². The Bertz CT molecular complexity index is 1140. The number of hydrogen-bond acceptors (Lipinski definition) is 4. The van der Waals surface area contributed by atoms with Gasteiger partial charge < -0.3 is 20.9 Å². The fourth-order valence-corrected chi connectivity index (χ4v) is 3.98. The van der Waals surface area contributed by atoms with E-state index in [2.05, 4.69) is 16.0 Å². The fraction of sp³-hybridized carbons (Fsp3) is 0.250. The van der Waals surface area contributed by atoms with E-state index in [9.17, 15) is 14.4 Å². The van der Waals surface area contributed by atoms with Gasteiger partial charge in [-0.2, -0.15) is 0 Å². The number of likely N-dealkylation sites (tertiary alicyclic amines) is 1. The first-order valence-corrected chi connectivity index (χ1v) is 11.9. The minimum atomic E-state index is -0.193. The molecule has 0 spiro atoms. The number of carbonyl (C=O) groups is 3. The highest BCUT2D eigenvalue weighted by molar-refractivity contribution is 5.96. The van der Waals surface area contributed by atoms with Crippen molar-refractivity contribution in [1.29, 1.82) is 0 Å². The van der Waals surface area contributed by atoms with Crippen LogP contribution in [0.25, 0.3) is 0 Å². The number of nitrogens with one attached hydrogen (secondary N) is 3. The summed E-state index contributed by atoms with van der Waals surface area (Å²) >= 11 is 0. The van der Waals surface area contributed by atoms with E-state index in [-0.39, 0.29) is 24.3 Å². The highest BCUT2D eigenvalue weighted by Gasteiger charge is 2.19. The molecule has 1 saturated heterocycles. The summed E-state index contributed by atoms with van der Waals surface area (Å²) < 4.78 is 0. The van der Waals surface area contributed by atoms with Crippen molar-refractivity contribution < 1.29 is 14.4 Å². The van der Waals surface area contributed by atoms with Gasteiger partial charge in [0.15, 0.2) is 0 Å². The lowest BCUT2D eigenvalue weighted by molar-refractivity contribution is -0.116. The van der Waals surface area contributed by atoms with E-state index in [0.29, 0.717) is 29.8 Å². The molecule has 180 valence electrons. The monoisotopic (exact) mass is 470 g/mol. The number of amides is 3. The fourth-order valence-electron chi connectivity index (χ4n) is 3.98. The second-order valence-corrected chi connectivity index (χ2v) is 8.59. The quantitative estimate of drug-likeness (QED) is 0.428. The van der Waals surface area contributed by atoms with Gasteiger partial charge in [0.05, 0.1) is 6.54 Å². The van der Waals surface area contributed by atoms with Crippen LogP contribution in [0, 0.1) is 0 Å². The lowest BCUT2D eigenvalue weighted by Gasteiger charge is -2.15. The predicted molar refractivity (Wildman–Crippen MR) is 139 cm³/mol. The van der Waals surface area contributed by atoms with Crippen molar-refractivity contribution in [3.63, 3.8) is 0 Å². The second-order valence-electron chi connectivity index (χ2n) is 8.59. The number of aryl methyl sites for hydroxylation is 1. The summed E-state index contributed by atoms with van der Waals surface area (Å²) in [7, 11) is 0. The maximum Gasteiger partial charge on any atom is 0.253 e. The van der Waals surface area contributed by atoms with Crippen LogP contribution < -0.4 is 16.0 Å². The molecule has 0 bridgehead atoms. The van der Waals surface area contributed by atoms with Gasteiger partial charge in [0.25, 0.3) is 5.91 Å². The number of rotatable bonds is 9. The van der Waals surface area contributed by atoms with E-state index in [1.54, 1.807) is 36.4 Å². The smallest absolute Gasteiger partial charge is 0.253 e. The Hall–Kier alpha value is -4.13. The molecule has 0 aliphatic carbocycles. The molecule has 0 aromatic heterocycles. The lowest BCUT2D eigenvalue weighted by atomic mass is 10.1. The average Bonchev–Trinajstić information content (AvgIpc) is 3.43. The summed E-state index contributed by atoms with van der Waals surface area (Å²) in [5.74, 6) is -0.188. The topological polar surface area (TPSA) is 90.5 Å². The Kier molecular flexibility index (Phi) is 8.12. The molecule has 4 rings (SSSR count). The Labute approximate surface area is 205 Å². The average molecular weight is 471 g/mol. The van der Waals surface area contributed by atoms with Gasteiger partial charge in [-0.3, -0.25) is 14.4 Å². The molecule has 1 heterocycles. The lowest BCUT2D eigenvalue weighted by Crippen LogP contribution is -2.27. The number of hydrogen-bond donors (Lipinski definition) is 3. The molecule has 35 heavy (non-hydrogen) atoms. The van der Waals surface area contributed by atoms with E-state index in [0.717, 1.165) is 37.2 Å². The maximum absolute atomic E-state index is 12.4. The summed E-state index contributed by atoms with van der Waals surface area (Å²) in [5.41, 5.74) is 3.88. The van der Waals surface area contributed by atoms with Crippen LogP contribution in [-0.4, -0.2) is 42.3 Å². The summed E-state index contributed by atoms with van der Waals surface area (Å²) in [6.45, 7) is 1.73. The largest absolute Gasteiger partial charge is 0.376 e. The molecule has 0 saturated carbocycles. The Morgan fingerprint density at radius 3 is 1.89 bits per heavy atom. The first kappa shape index (κ1) is 24.0. The van der Waals surface area contributed by atoms with Crippen LogP contribution in [0.3, 0.4) is 0 Å². The second kappa shape index (κ2) is 11.8. The van der Waals surface area contributed by atoms with Gasteiger partial charge in [-0.05, 0) is 73.4 Å². The summed E-state index contributed by atoms with van der Waals surface area (Å²) in [4.78, 5) is 38.8. The molecule has 0 radical (unpaired) electrons. The summed E-state index contributed by atoms with van der Waals surface area (Å²) in [5, 5.41) is 8.78. The molecule has 3 aromatic carbocycles. The molecule has 1 aliphatic heterocycles. The Morgan fingerprint density at radius 1 is 0.686 bits per heavy atom. The van der Waals surface area contributed by atoms with Gasteiger partial charge in [-0.1, -0.05) is 30.3 Å². The minimum absolute atomic E-state index is 0.0528. The molecule has 7 nitrogen and oxygen atoms in total. The zero-order valence-electron chi connectivity index (χ0n) is 19.6. The van der Waals surface area contributed by atoms with Crippen LogP contribution in [0.5, 0.6) is 0 Å². The molecule has 3 aromatic rings. The number of nitrogens with zero attached hydrogens (tertiary/aromatic N) is 1. The molecular formula is C28H30N4O3. The summed E-state index contributed by atoms with van der Waals surface area (Å²) in [6.07, 6.45) is 3.21. The minimum Gasteiger partial charge on any atom is -0.376 e. The predicted octanol–water partition coefficient (Wildman–Crippen LogP) is 4.54. The van der Waals surface area contributed by atoms with E-state index >= 15 is 0 Å².